The SMILES string of the molecule is CC(=O)[C@](CC(C)(C)c1ccccc1)(O[Si](C)(C)C)C(F)(F)F. The number of carbonyl (C=O) groups is 1. The summed E-state index contributed by atoms with van der Waals surface area (Å²) in [5.74, 6) is -0.989. The molecule has 1 atom stereocenters. The molecule has 2 nitrogen and oxygen atoms in total. The second kappa shape index (κ2) is 6.40. The summed E-state index contributed by atoms with van der Waals surface area (Å²) in [6.07, 6.45) is -5.20. The van der Waals surface area contributed by atoms with Crippen molar-refractivity contribution in [2.24, 2.45) is 0 Å². The maximum Gasteiger partial charge on any atom is 0.423 e. The van der Waals surface area contributed by atoms with Gasteiger partial charge in [0.25, 0.3) is 0 Å². The number of hydrogen-bond donors (Lipinski definition) is 0. The molecule has 1 rings (SSSR count). The average Bonchev–Trinajstić information content (AvgIpc) is 2.35. The number of benzene rings is 1. The summed E-state index contributed by atoms with van der Waals surface area (Å²) < 4.78 is 47.1. The molecule has 130 valence electrons. The Morgan fingerprint density at radius 1 is 1.09 bits per heavy atom. The van der Waals surface area contributed by atoms with Crippen LogP contribution >= 0.6 is 0 Å². The highest BCUT2D eigenvalue weighted by Gasteiger charge is 2.62. The zero-order chi connectivity index (χ0) is 18.1. The van der Waals surface area contributed by atoms with Gasteiger partial charge in [0.1, 0.15) is 0 Å². The monoisotopic (exact) mass is 346 g/mol. The quantitative estimate of drug-likeness (QED) is 0.670. The highest BCUT2D eigenvalue weighted by molar-refractivity contribution is 6.70. The van der Waals surface area contributed by atoms with Gasteiger partial charge in [0.05, 0.1) is 0 Å². The van der Waals surface area contributed by atoms with Crippen molar-refractivity contribution in [1.29, 1.82) is 0 Å². The Bertz CT molecular complexity index is 547. The molecule has 0 unspecified atom stereocenters. The highest BCUT2D eigenvalue weighted by Crippen LogP contribution is 2.45. The molecule has 23 heavy (non-hydrogen) atoms. The largest absolute Gasteiger partial charge is 0.423 e. The normalized spacial score (nSPS) is 16.0. The Morgan fingerprint density at radius 3 is 1.91 bits per heavy atom. The van der Waals surface area contributed by atoms with E-state index >= 15 is 0 Å². The molecule has 0 aliphatic heterocycles. The van der Waals surface area contributed by atoms with E-state index in [-0.39, 0.29) is 0 Å². The van der Waals surface area contributed by atoms with E-state index in [4.69, 9.17) is 4.43 Å². The van der Waals surface area contributed by atoms with Gasteiger partial charge in [-0.2, -0.15) is 13.2 Å². The molecule has 1 aromatic carbocycles. The van der Waals surface area contributed by atoms with Gasteiger partial charge in [-0.05, 0) is 37.5 Å². The van der Waals surface area contributed by atoms with E-state index in [9.17, 15) is 18.0 Å². The number of rotatable bonds is 6. The van der Waals surface area contributed by atoms with Crippen LogP contribution in [0.2, 0.25) is 19.6 Å². The van der Waals surface area contributed by atoms with Crippen LogP contribution < -0.4 is 0 Å². The number of ketones is 1. The summed E-state index contributed by atoms with van der Waals surface area (Å²) >= 11 is 0. The predicted octanol–water partition coefficient (Wildman–Crippen LogP) is 5.10. The number of Topliss-reactive ketones (excluding diaryl/α,β-unsaturated/α-hetero) is 1. The van der Waals surface area contributed by atoms with E-state index in [1.54, 1.807) is 63.8 Å². The first-order valence-electron chi connectivity index (χ1n) is 7.55. The molecule has 0 N–H and O–H groups in total. The van der Waals surface area contributed by atoms with Crippen LogP contribution in [0.4, 0.5) is 13.2 Å². The third-order valence-electron chi connectivity index (χ3n) is 3.75. The third-order valence-corrected chi connectivity index (χ3v) is 4.71. The molecular weight excluding hydrogens is 321 g/mol. The first-order chi connectivity index (χ1) is 10.2. The third kappa shape index (κ3) is 4.67. The number of alkyl halides is 3. The van der Waals surface area contributed by atoms with Crippen molar-refractivity contribution in [1.82, 2.24) is 0 Å². The lowest BCUT2D eigenvalue weighted by Crippen LogP contribution is -2.60. The van der Waals surface area contributed by atoms with E-state index in [2.05, 4.69) is 0 Å². The maximum absolute atomic E-state index is 13.9. The van der Waals surface area contributed by atoms with Gasteiger partial charge < -0.3 is 4.43 Å². The topological polar surface area (TPSA) is 26.3 Å². The fourth-order valence-electron chi connectivity index (χ4n) is 2.73. The van der Waals surface area contributed by atoms with Crippen LogP contribution in [0.3, 0.4) is 0 Å². The molecule has 0 saturated heterocycles. The summed E-state index contributed by atoms with van der Waals surface area (Å²) in [6.45, 7) is 9.36. The molecule has 0 heterocycles. The summed E-state index contributed by atoms with van der Waals surface area (Å²) in [5, 5.41) is 0. The molecule has 0 bridgehead atoms. The molecule has 6 heteroatoms. The molecule has 0 aliphatic rings. The van der Waals surface area contributed by atoms with Gasteiger partial charge >= 0.3 is 6.18 Å². The lowest BCUT2D eigenvalue weighted by atomic mass is 9.74. The fourth-order valence-corrected chi connectivity index (χ4v) is 4.10. The number of hydrogen-bond acceptors (Lipinski definition) is 2. The van der Waals surface area contributed by atoms with E-state index in [0.29, 0.717) is 0 Å². The van der Waals surface area contributed by atoms with Crippen LogP contribution in [-0.2, 0) is 14.6 Å². The van der Waals surface area contributed by atoms with Crippen LogP contribution in [0, 0.1) is 0 Å². The van der Waals surface area contributed by atoms with E-state index in [1.165, 1.54) is 0 Å². The van der Waals surface area contributed by atoms with Gasteiger partial charge in [-0.15, -0.1) is 0 Å². The van der Waals surface area contributed by atoms with E-state index < -0.39 is 37.7 Å². The smallest absolute Gasteiger partial charge is 0.398 e. The van der Waals surface area contributed by atoms with Crippen molar-refractivity contribution in [3.05, 3.63) is 35.9 Å². The molecule has 0 spiro atoms. The van der Waals surface area contributed by atoms with Crippen molar-refractivity contribution in [3.63, 3.8) is 0 Å². The van der Waals surface area contributed by atoms with Gasteiger partial charge in [0, 0.05) is 6.42 Å². The average molecular weight is 346 g/mol. The van der Waals surface area contributed by atoms with Crippen molar-refractivity contribution < 1.29 is 22.4 Å². The van der Waals surface area contributed by atoms with Crippen LogP contribution in [0.1, 0.15) is 32.8 Å². The van der Waals surface area contributed by atoms with Crippen LogP contribution in [-0.4, -0.2) is 25.9 Å². The Hall–Kier alpha value is -1.14. The van der Waals surface area contributed by atoms with Gasteiger partial charge in [-0.1, -0.05) is 44.2 Å². The van der Waals surface area contributed by atoms with E-state index in [1.807, 2.05) is 0 Å². The van der Waals surface area contributed by atoms with Crippen LogP contribution in [0.25, 0.3) is 0 Å². The Kier molecular flexibility index (Phi) is 5.53. The fraction of sp³-hybridized carbons (Fsp3) is 0.588. The van der Waals surface area contributed by atoms with Gasteiger partial charge in [-0.25, -0.2) is 0 Å². The lowest BCUT2D eigenvalue weighted by molar-refractivity contribution is -0.248. The van der Waals surface area contributed by atoms with Crippen LogP contribution in [0.5, 0.6) is 0 Å². The van der Waals surface area contributed by atoms with Gasteiger partial charge in [0.2, 0.25) is 5.60 Å². The molecule has 0 amide bonds. The summed E-state index contributed by atoms with van der Waals surface area (Å²) in [6, 6.07) is 8.91. The molecule has 0 aromatic heterocycles. The first-order valence-corrected chi connectivity index (χ1v) is 11.0. The van der Waals surface area contributed by atoms with Crippen molar-refractivity contribution in [2.45, 2.75) is 64.0 Å². The number of halogens is 3. The molecule has 0 radical (unpaired) electrons. The maximum atomic E-state index is 13.9. The summed E-state index contributed by atoms with van der Waals surface area (Å²) in [5.41, 5.74) is -2.88. The van der Waals surface area contributed by atoms with Crippen molar-refractivity contribution >= 4 is 14.1 Å². The van der Waals surface area contributed by atoms with Crippen molar-refractivity contribution in [3.8, 4) is 0 Å². The van der Waals surface area contributed by atoms with Crippen LogP contribution in [0.15, 0.2) is 30.3 Å². The second-order valence-corrected chi connectivity index (χ2v) is 12.0. The Morgan fingerprint density at radius 2 is 1.57 bits per heavy atom. The number of carbonyl (C=O) groups excluding carboxylic acids is 1. The molecule has 1 aromatic rings. The minimum Gasteiger partial charge on any atom is -0.398 e. The molecular formula is C17H25F3O2Si. The summed E-state index contributed by atoms with van der Waals surface area (Å²) in [7, 11) is -2.61. The Balaban J connectivity index is 3.38. The molecule has 0 saturated carbocycles. The lowest BCUT2D eigenvalue weighted by Gasteiger charge is -2.43. The van der Waals surface area contributed by atoms with Crippen molar-refractivity contribution in [2.75, 3.05) is 0 Å². The van der Waals surface area contributed by atoms with E-state index in [0.717, 1.165) is 12.5 Å². The minimum atomic E-state index is -4.76. The molecule has 0 aliphatic carbocycles. The summed E-state index contributed by atoms with van der Waals surface area (Å²) in [4.78, 5) is 12.1. The predicted molar refractivity (Wildman–Crippen MR) is 88.0 cm³/mol. The highest BCUT2D eigenvalue weighted by atomic mass is 28.4. The molecule has 0 fully saturated rings. The Labute approximate surface area is 137 Å². The minimum absolute atomic E-state index is 0.437. The zero-order valence-corrected chi connectivity index (χ0v) is 15.5. The first kappa shape index (κ1) is 19.9. The van der Waals surface area contributed by atoms with Gasteiger partial charge in [-0.3, -0.25) is 4.79 Å². The zero-order valence-electron chi connectivity index (χ0n) is 14.5. The standard InChI is InChI=1S/C17H25F3O2Si/c1-13(21)16(17(18,19)20,22-23(4,5)6)12-15(2,3)14-10-8-7-9-11-14/h7-11H,12H2,1-6H3/t16-/m0/s1. The van der Waals surface area contributed by atoms with Gasteiger partial charge in [0.15, 0.2) is 14.1 Å². The second-order valence-electron chi connectivity index (χ2n) is 7.52.